The van der Waals surface area contributed by atoms with E-state index in [1.165, 1.54) is 31.5 Å². The lowest BCUT2D eigenvalue weighted by molar-refractivity contribution is 0.194. The van der Waals surface area contributed by atoms with Crippen LogP contribution in [0.15, 0.2) is 30.3 Å². The molecule has 20 heavy (non-hydrogen) atoms. The predicted molar refractivity (Wildman–Crippen MR) is 82.3 cm³/mol. The maximum absolute atomic E-state index is 10.1. The average Bonchev–Trinajstić information content (AvgIpc) is 2.52. The number of carbonyl (C=O) groups excluding carboxylic acids is 1. The third kappa shape index (κ3) is 5.43. The van der Waals surface area contributed by atoms with E-state index in [0.29, 0.717) is 12.5 Å². The summed E-state index contributed by atoms with van der Waals surface area (Å²) < 4.78 is 0. The van der Waals surface area contributed by atoms with Crippen LogP contribution in [-0.2, 0) is 11.3 Å². The van der Waals surface area contributed by atoms with Crippen molar-refractivity contribution in [1.82, 2.24) is 10.2 Å². The molecule has 1 aliphatic heterocycles. The molecule has 0 aromatic heterocycles. The van der Waals surface area contributed by atoms with Crippen LogP contribution in [0.25, 0.3) is 0 Å². The van der Waals surface area contributed by atoms with Crippen LogP contribution in [-0.4, -0.2) is 36.9 Å². The van der Waals surface area contributed by atoms with Gasteiger partial charge in [-0.15, -0.1) is 0 Å². The summed E-state index contributed by atoms with van der Waals surface area (Å²) in [5.41, 5.74) is 1.36. The van der Waals surface area contributed by atoms with Crippen molar-refractivity contribution in [2.24, 2.45) is 0 Å². The second-order valence-corrected chi connectivity index (χ2v) is 5.58. The molecule has 1 aromatic rings. The Balaban J connectivity index is 1.58. The molecule has 0 spiro atoms. The summed E-state index contributed by atoms with van der Waals surface area (Å²) in [6, 6.07) is 11.2. The molecule has 3 heteroatoms. The SMILES string of the molecule is O=[C]CCCCN1CCC(NCc2ccccc2)CC1. The fourth-order valence-electron chi connectivity index (χ4n) is 2.75. The van der Waals surface area contributed by atoms with Gasteiger partial charge in [-0.2, -0.15) is 0 Å². The molecular formula is C17H25N2O. The first kappa shape index (κ1) is 15.2. The molecule has 1 heterocycles. The van der Waals surface area contributed by atoms with Crippen LogP contribution in [0.1, 0.15) is 37.7 Å². The first-order valence-corrected chi connectivity index (χ1v) is 7.73. The van der Waals surface area contributed by atoms with Gasteiger partial charge in [-0.25, -0.2) is 0 Å². The van der Waals surface area contributed by atoms with Gasteiger partial charge in [-0.05, 0) is 50.9 Å². The third-order valence-electron chi connectivity index (χ3n) is 4.03. The second-order valence-electron chi connectivity index (χ2n) is 5.58. The fraction of sp³-hybridized carbons (Fsp3) is 0.588. The van der Waals surface area contributed by atoms with E-state index >= 15 is 0 Å². The van der Waals surface area contributed by atoms with E-state index in [0.717, 1.165) is 25.9 Å². The summed E-state index contributed by atoms with van der Waals surface area (Å²) >= 11 is 0. The highest BCUT2D eigenvalue weighted by atomic mass is 16.1. The number of hydrogen-bond donors (Lipinski definition) is 1. The Labute approximate surface area is 122 Å². The van der Waals surface area contributed by atoms with Gasteiger partial charge in [-0.1, -0.05) is 30.3 Å². The summed E-state index contributed by atoms with van der Waals surface area (Å²) in [5, 5.41) is 3.66. The minimum absolute atomic E-state index is 0.592. The summed E-state index contributed by atoms with van der Waals surface area (Å²) in [7, 11) is 0. The quantitative estimate of drug-likeness (QED) is 0.739. The van der Waals surface area contributed by atoms with E-state index in [2.05, 4.69) is 40.5 Å². The maximum Gasteiger partial charge on any atom is 0.198 e. The van der Waals surface area contributed by atoms with E-state index < -0.39 is 0 Å². The predicted octanol–water partition coefficient (Wildman–Crippen LogP) is 2.52. The number of unbranched alkanes of at least 4 members (excludes halogenated alkanes) is 2. The zero-order valence-electron chi connectivity index (χ0n) is 12.2. The molecular weight excluding hydrogens is 248 g/mol. The standard InChI is InChI=1S/C17H25N2O/c20-14-6-2-5-11-19-12-9-17(10-13-19)18-15-16-7-3-1-4-8-16/h1,3-4,7-8,17-18H,2,5-6,9-13,15H2. The molecule has 1 aromatic carbocycles. The summed E-state index contributed by atoms with van der Waals surface area (Å²) in [4.78, 5) is 12.7. The van der Waals surface area contributed by atoms with Gasteiger partial charge in [0, 0.05) is 19.0 Å². The van der Waals surface area contributed by atoms with E-state index in [9.17, 15) is 4.79 Å². The molecule has 3 nitrogen and oxygen atoms in total. The zero-order valence-corrected chi connectivity index (χ0v) is 12.2. The molecule has 0 bridgehead atoms. The van der Waals surface area contributed by atoms with Crippen LogP contribution in [0.2, 0.25) is 0 Å². The Kier molecular flexibility index (Phi) is 6.75. The lowest BCUT2D eigenvalue weighted by Crippen LogP contribution is -2.42. The van der Waals surface area contributed by atoms with Crippen LogP contribution < -0.4 is 5.32 Å². The van der Waals surface area contributed by atoms with Crippen LogP contribution in [0.5, 0.6) is 0 Å². The minimum Gasteiger partial charge on any atom is -0.310 e. The molecule has 0 amide bonds. The fourth-order valence-corrected chi connectivity index (χ4v) is 2.75. The Bertz CT molecular complexity index is 372. The number of likely N-dealkylation sites (tertiary alicyclic amines) is 1. The van der Waals surface area contributed by atoms with E-state index in [1.807, 2.05) is 6.29 Å². The molecule has 1 radical (unpaired) electrons. The summed E-state index contributed by atoms with van der Waals surface area (Å²) in [6.45, 7) is 4.46. The maximum atomic E-state index is 10.1. The molecule has 0 aliphatic carbocycles. The normalized spacial score (nSPS) is 17.2. The Morgan fingerprint density at radius 2 is 1.90 bits per heavy atom. The molecule has 1 fully saturated rings. The largest absolute Gasteiger partial charge is 0.310 e. The van der Waals surface area contributed by atoms with Crippen molar-refractivity contribution in [3.8, 4) is 0 Å². The van der Waals surface area contributed by atoms with Crippen molar-refractivity contribution in [2.45, 2.75) is 44.7 Å². The number of piperidine rings is 1. The van der Waals surface area contributed by atoms with Crippen molar-refractivity contribution in [3.05, 3.63) is 35.9 Å². The molecule has 109 valence electrons. The van der Waals surface area contributed by atoms with E-state index in [4.69, 9.17) is 0 Å². The average molecular weight is 273 g/mol. The van der Waals surface area contributed by atoms with Gasteiger partial charge < -0.3 is 10.2 Å². The highest BCUT2D eigenvalue weighted by Crippen LogP contribution is 2.12. The third-order valence-corrected chi connectivity index (χ3v) is 4.03. The van der Waals surface area contributed by atoms with Crippen LogP contribution in [0.4, 0.5) is 0 Å². The Morgan fingerprint density at radius 3 is 2.60 bits per heavy atom. The van der Waals surface area contributed by atoms with Gasteiger partial charge >= 0.3 is 0 Å². The van der Waals surface area contributed by atoms with Crippen molar-refractivity contribution >= 4 is 6.29 Å². The first-order valence-electron chi connectivity index (χ1n) is 7.73. The molecule has 0 unspecified atom stereocenters. The molecule has 0 saturated carbocycles. The lowest BCUT2D eigenvalue weighted by Gasteiger charge is -2.32. The lowest BCUT2D eigenvalue weighted by atomic mass is 10.0. The number of hydrogen-bond acceptors (Lipinski definition) is 3. The molecule has 1 aliphatic rings. The van der Waals surface area contributed by atoms with Crippen LogP contribution in [0, 0.1) is 0 Å². The molecule has 2 rings (SSSR count). The minimum atomic E-state index is 0.592. The molecule has 0 atom stereocenters. The van der Waals surface area contributed by atoms with Crippen molar-refractivity contribution in [3.63, 3.8) is 0 Å². The van der Waals surface area contributed by atoms with Crippen LogP contribution in [0.3, 0.4) is 0 Å². The van der Waals surface area contributed by atoms with E-state index in [-0.39, 0.29) is 0 Å². The van der Waals surface area contributed by atoms with Crippen molar-refractivity contribution < 1.29 is 4.79 Å². The highest BCUT2D eigenvalue weighted by Gasteiger charge is 2.17. The number of nitrogens with zero attached hydrogens (tertiary/aromatic N) is 1. The first-order chi connectivity index (χ1) is 9.88. The van der Waals surface area contributed by atoms with E-state index in [1.54, 1.807) is 0 Å². The van der Waals surface area contributed by atoms with Gasteiger partial charge in [0.2, 0.25) is 0 Å². The monoisotopic (exact) mass is 273 g/mol. The van der Waals surface area contributed by atoms with Gasteiger partial charge in [0.05, 0.1) is 0 Å². The van der Waals surface area contributed by atoms with Gasteiger partial charge in [0.1, 0.15) is 0 Å². The highest BCUT2D eigenvalue weighted by molar-refractivity contribution is 5.50. The van der Waals surface area contributed by atoms with Gasteiger partial charge in [0.25, 0.3) is 0 Å². The number of rotatable bonds is 8. The number of nitrogens with one attached hydrogen (secondary N) is 1. The summed E-state index contributed by atoms with van der Waals surface area (Å²) in [6.07, 6.45) is 7.12. The summed E-state index contributed by atoms with van der Waals surface area (Å²) in [5.74, 6) is 0. The number of benzene rings is 1. The second kappa shape index (κ2) is 8.88. The van der Waals surface area contributed by atoms with Gasteiger partial charge in [0.15, 0.2) is 6.29 Å². The Hall–Kier alpha value is -1.19. The van der Waals surface area contributed by atoms with Crippen molar-refractivity contribution in [1.29, 1.82) is 0 Å². The van der Waals surface area contributed by atoms with Gasteiger partial charge in [-0.3, -0.25) is 4.79 Å². The molecule has 1 N–H and O–H groups in total. The Morgan fingerprint density at radius 1 is 1.15 bits per heavy atom. The zero-order chi connectivity index (χ0) is 14.0. The smallest absolute Gasteiger partial charge is 0.198 e. The topological polar surface area (TPSA) is 32.3 Å². The van der Waals surface area contributed by atoms with Crippen LogP contribution >= 0.6 is 0 Å². The molecule has 1 saturated heterocycles. The van der Waals surface area contributed by atoms with Crippen molar-refractivity contribution in [2.75, 3.05) is 19.6 Å².